The van der Waals surface area contributed by atoms with E-state index >= 15 is 0 Å². The first-order chi connectivity index (χ1) is 11.0. The van der Waals surface area contributed by atoms with Gasteiger partial charge in [-0.15, -0.1) is 11.8 Å². The standard InChI is InChI=1S/C16H20ClN3OS2/c1-5-19(6-2)16(21)20-10-13(22-4)15(18-20)23-14-11(3)8-7-9-12(14)17/h7-10H,5-6H2,1-4H3. The molecule has 0 spiro atoms. The number of carbonyl (C=O) groups is 1. The maximum atomic E-state index is 12.5. The van der Waals surface area contributed by atoms with E-state index in [4.69, 9.17) is 11.6 Å². The first kappa shape index (κ1) is 18.2. The highest BCUT2D eigenvalue weighted by atomic mass is 35.5. The smallest absolute Gasteiger partial charge is 0.323 e. The predicted molar refractivity (Wildman–Crippen MR) is 98.0 cm³/mol. The van der Waals surface area contributed by atoms with Crippen molar-refractivity contribution in [3.8, 4) is 0 Å². The van der Waals surface area contributed by atoms with Crippen LogP contribution < -0.4 is 0 Å². The number of thioether (sulfide) groups is 1. The lowest BCUT2D eigenvalue weighted by Gasteiger charge is -2.17. The molecule has 23 heavy (non-hydrogen) atoms. The fourth-order valence-corrected chi connectivity index (χ4v) is 4.14. The molecule has 7 heteroatoms. The molecule has 124 valence electrons. The Morgan fingerprint density at radius 3 is 2.61 bits per heavy atom. The quantitative estimate of drug-likeness (QED) is 0.693. The molecule has 1 heterocycles. The van der Waals surface area contributed by atoms with Gasteiger partial charge in [-0.05, 0) is 38.7 Å². The number of rotatable bonds is 5. The number of nitrogens with zero attached hydrogens (tertiary/aromatic N) is 3. The molecule has 0 saturated heterocycles. The minimum Gasteiger partial charge on any atom is -0.323 e. The molecule has 1 amide bonds. The number of aromatic nitrogens is 2. The molecule has 0 atom stereocenters. The van der Waals surface area contributed by atoms with Crippen LogP contribution in [0.1, 0.15) is 19.4 Å². The van der Waals surface area contributed by atoms with Crippen molar-refractivity contribution in [1.29, 1.82) is 0 Å². The van der Waals surface area contributed by atoms with Crippen molar-refractivity contribution in [1.82, 2.24) is 14.7 Å². The van der Waals surface area contributed by atoms with Gasteiger partial charge < -0.3 is 4.90 Å². The van der Waals surface area contributed by atoms with Crippen molar-refractivity contribution in [3.63, 3.8) is 0 Å². The number of hydrogen-bond donors (Lipinski definition) is 0. The van der Waals surface area contributed by atoms with E-state index in [0.29, 0.717) is 18.1 Å². The Morgan fingerprint density at radius 2 is 2.04 bits per heavy atom. The molecular weight excluding hydrogens is 350 g/mol. The monoisotopic (exact) mass is 369 g/mol. The molecule has 0 aliphatic rings. The summed E-state index contributed by atoms with van der Waals surface area (Å²) in [5, 5.41) is 5.99. The van der Waals surface area contributed by atoms with Gasteiger partial charge >= 0.3 is 6.03 Å². The molecule has 0 saturated carbocycles. The molecule has 1 aromatic heterocycles. The SMILES string of the molecule is CCN(CC)C(=O)n1cc(SC)c(Sc2c(C)cccc2Cl)n1. The molecule has 0 aliphatic carbocycles. The van der Waals surface area contributed by atoms with E-state index in [-0.39, 0.29) is 6.03 Å². The number of carbonyl (C=O) groups excluding carboxylic acids is 1. The summed E-state index contributed by atoms with van der Waals surface area (Å²) in [6.45, 7) is 7.27. The van der Waals surface area contributed by atoms with Gasteiger partial charge in [0.25, 0.3) is 0 Å². The Morgan fingerprint density at radius 1 is 1.35 bits per heavy atom. The van der Waals surface area contributed by atoms with Gasteiger partial charge in [-0.25, -0.2) is 4.79 Å². The van der Waals surface area contributed by atoms with Gasteiger partial charge in [0.15, 0.2) is 0 Å². The largest absolute Gasteiger partial charge is 0.344 e. The molecular formula is C16H20ClN3OS2. The average Bonchev–Trinajstić information content (AvgIpc) is 2.95. The van der Waals surface area contributed by atoms with Crippen LogP contribution in [0.25, 0.3) is 0 Å². The lowest BCUT2D eigenvalue weighted by molar-refractivity contribution is 0.201. The minimum atomic E-state index is -0.104. The number of aryl methyl sites for hydroxylation is 1. The Bertz CT molecular complexity index is 678. The zero-order valence-electron chi connectivity index (χ0n) is 13.7. The zero-order valence-corrected chi connectivity index (χ0v) is 16.1. The van der Waals surface area contributed by atoms with Crippen LogP contribution in [0.4, 0.5) is 4.79 Å². The second kappa shape index (κ2) is 8.13. The second-order valence-corrected chi connectivity index (χ2v) is 7.14. The third-order valence-corrected chi connectivity index (χ3v) is 6.00. The molecule has 0 unspecified atom stereocenters. The summed E-state index contributed by atoms with van der Waals surface area (Å²) in [7, 11) is 0. The zero-order chi connectivity index (χ0) is 17.0. The molecule has 2 aromatic rings. The van der Waals surface area contributed by atoms with Crippen LogP contribution in [0.3, 0.4) is 0 Å². The first-order valence-corrected chi connectivity index (χ1v) is 9.79. The number of halogens is 1. The second-order valence-electron chi connectivity index (χ2n) is 4.89. The van der Waals surface area contributed by atoms with Crippen LogP contribution in [0.5, 0.6) is 0 Å². The molecule has 1 aromatic carbocycles. The highest BCUT2D eigenvalue weighted by Gasteiger charge is 2.19. The van der Waals surface area contributed by atoms with Gasteiger partial charge in [0.05, 0.1) is 16.1 Å². The van der Waals surface area contributed by atoms with Crippen LogP contribution in [0, 0.1) is 6.92 Å². The first-order valence-electron chi connectivity index (χ1n) is 7.37. The van der Waals surface area contributed by atoms with Crippen LogP contribution in [-0.4, -0.2) is 40.1 Å². The summed E-state index contributed by atoms with van der Waals surface area (Å²) in [5.74, 6) is 0. The van der Waals surface area contributed by atoms with Crippen molar-refractivity contribution < 1.29 is 4.79 Å². The summed E-state index contributed by atoms with van der Waals surface area (Å²) in [5.41, 5.74) is 1.10. The van der Waals surface area contributed by atoms with Gasteiger partial charge in [-0.2, -0.15) is 9.78 Å². The van der Waals surface area contributed by atoms with E-state index < -0.39 is 0 Å². The van der Waals surface area contributed by atoms with E-state index in [0.717, 1.165) is 20.4 Å². The molecule has 0 bridgehead atoms. The van der Waals surface area contributed by atoms with Crippen molar-refractivity contribution in [2.75, 3.05) is 19.3 Å². The average molecular weight is 370 g/mol. The highest BCUT2D eigenvalue weighted by Crippen LogP contribution is 2.38. The summed E-state index contributed by atoms with van der Waals surface area (Å²) >= 11 is 9.38. The Labute approximate surface area is 150 Å². The van der Waals surface area contributed by atoms with E-state index in [1.165, 1.54) is 16.4 Å². The minimum absolute atomic E-state index is 0.104. The lowest BCUT2D eigenvalue weighted by Crippen LogP contribution is -2.34. The summed E-state index contributed by atoms with van der Waals surface area (Å²) in [6, 6.07) is 5.71. The summed E-state index contributed by atoms with van der Waals surface area (Å²) < 4.78 is 1.42. The molecule has 0 aliphatic heterocycles. The van der Waals surface area contributed by atoms with Crippen LogP contribution in [-0.2, 0) is 0 Å². The molecule has 0 fully saturated rings. The fraction of sp³-hybridized carbons (Fsp3) is 0.375. The van der Waals surface area contributed by atoms with Gasteiger partial charge in [-0.1, -0.05) is 35.5 Å². The predicted octanol–water partition coefficient (Wildman–Crippen LogP) is 5.03. The Kier molecular flexibility index (Phi) is 6.44. The van der Waals surface area contributed by atoms with Crippen molar-refractivity contribution >= 4 is 41.2 Å². The summed E-state index contributed by atoms with van der Waals surface area (Å²) in [4.78, 5) is 16.1. The highest BCUT2D eigenvalue weighted by molar-refractivity contribution is 8.02. The van der Waals surface area contributed by atoms with Crippen LogP contribution in [0.15, 0.2) is 39.2 Å². The maximum absolute atomic E-state index is 12.5. The molecule has 2 rings (SSSR count). The lowest BCUT2D eigenvalue weighted by atomic mass is 10.2. The van der Waals surface area contributed by atoms with Gasteiger partial charge in [0, 0.05) is 18.0 Å². The number of benzene rings is 1. The van der Waals surface area contributed by atoms with E-state index in [9.17, 15) is 4.79 Å². The third kappa shape index (κ3) is 4.05. The van der Waals surface area contributed by atoms with Crippen LogP contribution >= 0.6 is 35.1 Å². The Balaban J connectivity index is 2.35. The van der Waals surface area contributed by atoms with E-state index in [1.807, 2.05) is 45.2 Å². The molecule has 4 nitrogen and oxygen atoms in total. The normalized spacial score (nSPS) is 10.8. The maximum Gasteiger partial charge on any atom is 0.344 e. The topological polar surface area (TPSA) is 38.1 Å². The van der Waals surface area contributed by atoms with Crippen molar-refractivity contribution in [2.24, 2.45) is 0 Å². The van der Waals surface area contributed by atoms with Gasteiger partial charge in [0.2, 0.25) is 0 Å². The van der Waals surface area contributed by atoms with Gasteiger partial charge in [0.1, 0.15) is 5.03 Å². The van der Waals surface area contributed by atoms with E-state index in [1.54, 1.807) is 22.9 Å². The fourth-order valence-electron chi connectivity index (χ4n) is 2.13. The van der Waals surface area contributed by atoms with Crippen molar-refractivity contribution in [3.05, 3.63) is 35.0 Å². The number of hydrogen-bond acceptors (Lipinski definition) is 4. The molecule has 0 radical (unpaired) electrons. The summed E-state index contributed by atoms with van der Waals surface area (Å²) in [6.07, 6.45) is 3.77. The third-order valence-electron chi connectivity index (χ3n) is 3.46. The van der Waals surface area contributed by atoms with Crippen LogP contribution in [0.2, 0.25) is 5.02 Å². The van der Waals surface area contributed by atoms with Gasteiger partial charge in [-0.3, -0.25) is 0 Å². The Hall–Kier alpha value is -1.11. The molecule has 0 N–H and O–H groups in total. The van der Waals surface area contributed by atoms with Crippen molar-refractivity contribution in [2.45, 2.75) is 35.6 Å². The van der Waals surface area contributed by atoms with E-state index in [2.05, 4.69) is 5.10 Å². The number of amides is 1.